The highest BCUT2D eigenvalue weighted by atomic mass is 35.5. The average Bonchev–Trinajstić information content (AvgIpc) is 2.78. The van der Waals surface area contributed by atoms with Crippen molar-refractivity contribution in [2.45, 2.75) is 0 Å². The number of rotatable bonds is 9. The highest BCUT2D eigenvalue weighted by Crippen LogP contribution is 2.55. The van der Waals surface area contributed by atoms with Gasteiger partial charge in [-0.3, -0.25) is 30.3 Å². The van der Waals surface area contributed by atoms with E-state index in [1.54, 1.807) is 0 Å². The summed E-state index contributed by atoms with van der Waals surface area (Å²) in [6.45, 7) is 0. The minimum absolute atomic E-state index is 0.406. The zero-order valence-corrected chi connectivity index (χ0v) is 23.0. The SMILES string of the molecule is O=[N+]([O-])c1cc(OP(=O)(Oc2cc([N+](=O)[O-])c(Cl)cc2Cl)Oc2cc([N+](=O)[O-])c(Cl)cc2Cl)c(Cl)cc1Cl. The van der Waals surface area contributed by atoms with Crippen molar-refractivity contribution in [1.82, 2.24) is 0 Å². The van der Waals surface area contributed by atoms with Crippen LogP contribution in [0, 0.1) is 30.3 Å². The Morgan fingerprint density at radius 1 is 0.500 bits per heavy atom. The number of hydrogen-bond donors (Lipinski definition) is 0. The first-order valence-corrected chi connectivity index (χ1v) is 12.9. The number of nitrogens with zero attached hydrogens (tertiary/aromatic N) is 3. The predicted molar refractivity (Wildman–Crippen MR) is 139 cm³/mol. The molecule has 3 rings (SSSR count). The van der Waals surface area contributed by atoms with Gasteiger partial charge in [-0.15, -0.1) is 0 Å². The van der Waals surface area contributed by atoms with E-state index in [0.29, 0.717) is 18.2 Å². The van der Waals surface area contributed by atoms with E-state index >= 15 is 0 Å². The molecular weight excluding hydrogens is 662 g/mol. The van der Waals surface area contributed by atoms with Gasteiger partial charge in [-0.1, -0.05) is 69.6 Å². The molecule has 0 aliphatic rings. The van der Waals surface area contributed by atoms with Crippen LogP contribution in [0.2, 0.25) is 30.1 Å². The van der Waals surface area contributed by atoms with E-state index in [-0.39, 0.29) is 0 Å². The fraction of sp³-hybridized carbons (Fsp3) is 0. The third kappa shape index (κ3) is 6.62. The zero-order chi connectivity index (χ0) is 28.5. The summed E-state index contributed by atoms with van der Waals surface area (Å²) in [5, 5.41) is 31.4. The molecule has 0 radical (unpaired) electrons. The summed E-state index contributed by atoms with van der Waals surface area (Å²) < 4.78 is 29.6. The molecule has 38 heavy (non-hydrogen) atoms. The van der Waals surface area contributed by atoms with Crippen LogP contribution in [0.15, 0.2) is 36.4 Å². The van der Waals surface area contributed by atoms with Gasteiger partial charge in [0.2, 0.25) is 0 Å². The lowest BCUT2D eigenvalue weighted by Crippen LogP contribution is -2.09. The first-order chi connectivity index (χ1) is 17.6. The Bertz CT molecular complexity index is 1380. The molecule has 200 valence electrons. The van der Waals surface area contributed by atoms with E-state index in [1.165, 1.54) is 0 Å². The van der Waals surface area contributed by atoms with Crippen LogP contribution in [0.3, 0.4) is 0 Å². The minimum Gasteiger partial charge on any atom is -0.384 e. The molecule has 0 bridgehead atoms. The molecule has 13 nitrogen and oxygen atoms in total. The number of hydrogen-bond acceptors (Lipinski definition) is 10. The number of benzene rings is 3. The summed E-state index contributed by atoms with van der Waals surface area (Å²) in [5.74, 6) is -1.99. The van der Waals surface area contributed by atoms with Gasteiger partial charge in [0.25, 0.3) is 17.1 Å². The van der Waals surface area contributed by atoms with Crippen LogP contribution >= 0.6 is 77.4 Å². The van der Waals surface area contributed by atoms with Crippen molar-refractivity contribution in [3.63, 3.8) is 0 Å². The normalized spacial score (nSPS) is 11.1. The molecule has 0 spiro atoms. The maximum absolute atomic E-state index is 13.8. The number of phosphoric ester groups is 1. The molecule has 0 fully saturated rings. The average molecular weight is 668 g/mol. The fourth-order valence-corrected chi connectivity index (χ4v) is 5.52. The topological polar surface area (TPSA) is 174 Å². The van der Waals surface area contributed by atoms with Gasteiger partial charge in [-0.25, -0.2) is 0 Å². The van der Waals surface area contributed by atoms with Gasteiger partial charge < -0.3 is 13.6 Å². The van der Waals surface area contributed by atoms with Crippen LogP contribution in [-0.4, -0.2) is 14.8 Å². The molecule has 0 atom stereocenters. The van der Waals surface area contributed by atoms with Gasteiger partial charge in [0.1, 0.15) is 15.1 Å². The number of halogens is 6. The van der Waals surface area contributed by atoms with E-state index in [0.717, 1.165) is 18.2 Å². The lowest BCUT2D eigenvalue weighted by molar-refractivity contribution is -0.384. The molecule has 0 amide bonds. The van der Waals surface area contributed by atoms with Gasteiger partial charge in [-0.2, -0.15) is 4.57 Å². The molecule has 0 N–H and O–H groups in total. The van der Waals surface area contributed by atoms with Gasteiger partial charge in [0.15, 0.2) is 17.2 Å². The van der Waals surface area contributed by atoms with Gasteiger partial charge >= 0.3 is 7.82 Å². The summed E-state index contributed by atoms with van der Waals surface area (Å²) in [6, 6.07) is 4.72. The molecule has 20 heteroatoms. The highest BCUT2D eigenvalue weighted by Gasteiger charge is 2.38. The molecule has 0 aliphatic carbocycles. The number of nitro benzene ring substituents is 3. The second kappa shape index (κ2) is 11.5. The van der Waals surface area contributed by atoms with Crippen molar-refractivity contribution in [3.8, 4) is 17.2 Å². The van der Waals surface area contributed by atoms with Crippen LogP contribution in [0.4, 0.5) is 17.1 Å². The monoisotopic (exact) mass is 665 g/mol. The van der Waals surface area contributed by atoms with Crippen molar-refractivity contribution >= 4 is 94.5 Å². The smallest absolute Gasteiger partial charge is 0.384 e. The highest BCUT2D eigenvalue weighted by molar-refractivity contribution is 7.49. The first kappa shape index (κ1) is 29.8. The molecule has 0 saturated heterocycles. The third-order valence-electron chi connectivity index (χ3n) is 4.22. The second-order valence-electron chi connectivity index (χ2n) is 6.69. The molecule has 0 aromatic heterocycles. The molecule has 3 aromatic carbocycles. The van der Waals surface area contributed by atoms with Crippen LogP contribution in [-0.2, 0) is 4.57 Å². The Morgan fingerprint density at radius 2 is 0.737 bits per heavy atom. The van der Waals surface area contributed by atoms with Crippen molar-refractivity contribution in [1.29, 1.82) is 0 Å². The van der Waals surface area contributed by atoms with E-state index in [2.05, 4.69) is 0 Å². The Balaban J connectivity index is 2.19. The zero-order valence-electron chi connectivity index (χ0n) is 17.6. The quantitative estimate of drug-likeness (QED) is 0.122. The standard InChI is InChI=1S/C18H6Cl6N3O10P/c19-7-1-10(22)16(4-13(7)25(28)29)35-38(34,36-17-5-14(26(30)31)8(20)2-11(17)23)37-18-6-15(27(32)33)9(21)3-12(18)24/h1-6H. The van der Waals surface area contributed by atoms with Crippen LogP contribution < -0.4 is 13.6 Å². The summed E-state index contributed by atoms with van der Waals surface area (Å²) in [6.07, 6.45) is 0. The van der Waals surface area contributed by atoms with Crippen molar-refractivity contribution in [2.24, 2.45) is 0 Å². The van der Waals surface area contributed by atoms with E-state index in [4.69, 9.17) is 83.2 Å². The lowest BCUT2D eigenvalue weighted by atomic mass is 10.3. The molecule has 3 aromatic rings. The van der Waals surface area contributed by atoms with Gasteiger partial charge in [0.05, 0.1) is 48.0 Å². The summed E-state index contributed by atoms with van der Waals surface area (Å²) in [7, 11) is -5.21. The summed E-state index contributed by atoms with van der Waals surface area (Å²) in [5.41, 5.74) is -2.17. The predicted octanol–water partition coefficient (Wildman–Crippen LogP) is 8.98. The Kier molecular flexibility index (Phi) is 9.04. The second-order valence-corrected chi connectivity index (χ2v) is 10.6. The van der Waals surface area contributed by atoms with Crippen molar-refractivity contribution in [3.05, 3.63) is 96.9 Å². The summed E-state index contributed by atoms with van der Waals surface area (Å²) >= 11 is 35.5. The van der Waals surface area contributed by atoms with E-state index in [9.17, 15) is 34.9 Å². The largest absolute Gasteiger partial charge is 0.647 e. The maximum atomic E-state index is 13.8. The molecule has 0 saturated carbocycles. The molecule has 0 aliphatic heterocycles. The summed E-state index contributed by atoms with van der Waals surface area (Å²) in [4.78, 5) is 31.2. The van der Waals surface area contributed by atoms with Crippen molar-refractivity contribution < 1.29 is 32.9 Å². The van der Waals surface area contributed by atoms with Gasteiger partial charge in [-0.05, 0) is 18.2 Å². The van der Waals surface area contributed by atoms with Crippen LogP contribution in [0.5, 0.6) is 17.2 Å². The van der Waals surface area contributed by atoms with Crippen molar-refractivity contribution in [2.75, 3.05) is 0 Å². The van der Waals surface area contributed by atoms with Crippen LogP contribution in [0.25, 0.3) is 0 Å². The minimum atomic E-state index is -5.21. The first-order valence-electron chi connectivity index (χ1n) is 9.21. The van der Waals surface area contributed by atoms with E-state index < -0.39 is 87.0 Å². The Labute approximate surface area is 240 Å². The molecular formula is C18H6Cl6N3O10P. The number of nitro groups is 3. The third-order valence-corrected chi connectivity index (χ3v) is 7.28. The maximum Gasteiger partial charge on any atom is 0.647 e. The lowest BCUT2D eigenvalue weighted by Gasteiger charge is -2.21. The fourth-order valence-electron chi connectivity index (χ4n) is 2.60. The molecule has 0 unspecified atom stereocenters. The molecule has 0 heterocycles. The van der Waals surface area contributed by atoms with E-state index in [1.807, 2.05) is 0 Å². The Hall–Kier alpha value is -2.77. The van der Waals surface area contributed by atoms with Gasteiger partial charge in [0, 0.05) is 0 Å². The Morgan fingerprint density at radius 3 is 0.947 bits per heavy atom. The van der Waals surface area contributed by atoms with Crippen LogP contribution in [0.1, 0.15) is 0 Å². The number of phosphoric acid groups is 1.